The average Bonchev–Trinajstić information content (AvgIpc) is 2.84. The number of hydrogen-bond donors (Lipinski definition) is 1. The molecule has 1 unspecified atom stereocenters. The highest BCUT2D eigenvalue weighted by Crippen LogP contribution is 2.59. The molecule has 2 aliphatic carbocycles. The molecule has 2 rings (SSSR count). The van der Waals surface area contributed by atoms with E-state index in [1.54, 1.807) is 0 Å². The van der Waals surface area contributed by atoms with Crippen LogP contribution >= 0.6 is 0 Å². The van der Waals surface area contributed by atoms with E-state index in [1.807, 2.05) is 0 Å². The summed E-state index contributed by atoms with van der Waals surface area (Å²) >= 11 is 0. The molecule has 0 amide bonds. The zero-order valence-electron chi connectivity index (χ0n) is 18.0. The average molecular weight is 369 g/mol. The van der Waals surface area contributed by atoms with Gasteiger partial charge in [-0.2, -0.15) is 0 Å². The van der Waals surface area contributed by atoms with Crippen LogP contribution in [0.15, 0.2) is 0 Å². The molecule has 148 valence electrons. The predicted octanol–water partition coefficient (Wildman–Crippen LogP) is 6.39. The summed E-state index contributed by atoms with van der Waals surface area (Å²) in [6.45, 7) is 17.3. The summed E-state index contributed by atoms with van der Waals surface area (Å²) < 4.78 is 6.95. The van der Waals surface area contributed by atoms with E-state index < -0.39 is 8.32 Å². The molecule has 0 saturated heterocycles. The van der Waals surface area contributed by atoms with E-state index in [9.17, 15) is 0 Å². The molecule has 2 aliphatic rings. The molecular weight excluding hydrogens is 324 g/mol. The first kappa shape index (κ1) is 21.4. The quantitative estimate of drug-likeness (QED) is 0.416. The number of rotatable bonds is 7. The first-order chi connectivity index (χ1) is 11.5. The number of unbranched alkanes of at least 4 members (excludes halogenated alkanes) is 1. The Kier molecular flexibility index (Phi) is 6.88. The highest BCUT2D eigenvalue weighted by Gasteiger charge is 2.54. The van der Waals surface area contributed by atoms with Crippen molar-refractivity contribution in [2.24, 2.45) is 23.2 Å². The summed E-state index contributed by atoms with van der Waals surface area (Å²) in [6.07, 6.45) is 10.7. The summed E-state index contributed by atoms with van der Waals surface area (Å²) in [6, 6.07) is 0. The van der Waals surface area contributed by atoms with Crippen LogP contribution in [0.5, 0.6) is 0 Å². The maximum absolute atomic E-state index is 9.08. The summed E-state index contributed by atoms with van der Waals surface area (Å²) in [4.78, 5) is 0. The predicted molar refractivity (Wildman–Crippen MR) is 110 cm³/mol. The van der Waals surface area contributed by atoms with E-state index in [0.717, 1.165) is 24.2 Å². The summed E-state index contributed by atoms with van der Waals surface area (Å²) in [5.74, 6) is 2.40. The van der Waals surface area contributed by atoms with Crippen molar-refractivity contribution in [3.8, 4) is 0 Å². The largest absolute Gasteiger partial charge is 0.414 e. The normalized spacial score (nSPS) is 34.8. The van der Waals surface area contributed by atoms with Crippen molar-refractivity contribution < 1.29 is 9.53 Å². The molecule has 0 radical (unpaired) electrons. The number of aliphatic hydroxyl groups is 1. The monoisotopic (exact) mass is 368 g/mol. The SMILES string of the molecule is C[C@@H](CCCCO)[C@H]1CC[C@H]2C(O[Si](C)(C)C(C)(C)C)CCC[C@]12C. The molecule has 25 heavy (non-hydrogen) atoms. The summed E-state index contributed by atoms with van der Waals surface area (Å²) in [5.41, 5.74) is 0.476. The van der Waals surface area contributed by atoms with Gasteiger partial charge >= 0.3 is 0 Å². The Morgan fingerprint density at radius 1 is 1.16 bits per heavy atom. The standard InChI is InChI=1S/C22H44O2Si/c1-17(11-8-9-16-23)18-13-14-19-20(12-10-15-22(18,19)5)24-25(6,7)21(2,3)4/h17-20,23H,8-16H2,1-7H3/t17-,18+,19-,20?,22+/m0/s1. The van der Waals surface area contributed by atoms with Gasteiger partial charge in [0.15, 0.2) is 8.32 Å². The van der Waals surface area contributed by atoms with Crippen LogP contribution in [-0.4, -0.2) is 26.1 Å². The molecule has 5 atom stereocenters. The van der Waals surface area contributed by atoms with Crippen LogP contribution in [0, 0.1) is 23.2 Å². The minimum Gasteiger partial charge on any atom is -0.414 e. The Morgan fingerprint density at radius 3 is 2.44 bits per heavy atom. The fourth-order valence-electron chi connectivity index (χ4n) is 5.57. The van der Waals surface area contributed by atoms with Crippen LogP contribution in [-0.2, 0) is 4.43 Å². The molecule has 0 aromatic rings. The van der Waals surface area contributed by atoms with Gasteiger partial charge in [-0.1, -0.05) is 53.9 Å². The zero-order valence-corrected chi connectivity index (χ0v) is 19.0. The van der Waals surface area contributed by atoms with Gasteiger partial charge in [-0.15, -0.1) is 0 Å². The lowest BCUT2D eigenvalue weighted by Crippen LogP contribution is -2.50. The van der Waals surface area contributed by atoms with Crippen molar-refractivity contribution in [3.63, 3.8) is 0 Å². The van der Waals surface area contributed by atoms with Crippen molar-refractivity contribution in [3.05, 3.63) is 0 Å². The van der Waals surface area contributed by atoms with Gasteiger partial charge in [0.05, 0.1) is 0 Å². The molecule has 1 N–H and O–H groups in total. The van der Waals surface area contributed by atoms with Crippen molar-refractivity contribution in [1.29, 1.82) is 0 Å². The van der Waals surface area contributed by atoms with Crippen LogP contribution in [0.1, 0.15) is 86.0 Å². The van der Waals surface area contributed by atoms with E-state index in [4.69, 9.17) is 9.53 Å². The molecule has 0 aromatic heterocycles. The maximum atomic E-state index is 9.08. The van der Waals surface area contributed by atoms with Crippen molar-refractivity contribution in [2.75, 3.05) is 6.61 Å². The van der Waals surface area contributed by atoms with Gasteiger partial charge in [0, 0.05) is 12.7 Å². The maximum Gasteiger partial charge on any atom is 0.192 e. The number of hydrogen-bond acceptors (Lipinski definition) is 2. The zero-order chi connectivity index (χ0) is 18.9. The van der Waals surface area contributed by atoms with Gasteiger partial charge in [0.25, 0.3) is 0 Å². The molecule has 0 aliphatic heterocycles. The Balaban J connectivity index is 2.07. The van der Waals surface area contributed by atoms with E-state index in [-0.39, 0.29) is 0 Å². The second kappa shape index (κ2) is 8.02. The first-order valence-electron chi connectivity index (χ1n) is 10.8. The molecule has 0 heterocycles. The minimum atomic E-state index is -1.69. The second-order valence-electron chi connectivity index (χ2n) is 10.8. The van der Waals surface area contributed by atoms with Gasteiger partial charge in [0.1, 0.15) is 0 Å². The Bertz CT molecular complexity index is 428. The number of fused-ring (bicyclic) bond motifs is 1. The first-order valence-corrected chi connectivity index (χ1v) is 13.7. The van der Waals surface area contributed by atoms with E-state index in [2.05, 4.69) is 47.7 Å². The van der Waals surface area contributed by atoms with E-state index >= 15 is 0 Å². The minimum absolute atomic E-state index is 0.302. The molecule has 0 bridgehead atoms. The van der Waals surface area contributed by atoms with Gasteiger partial charge in [-0.25, -0.2) is 0 Å². The molecule has 0 aromatic carbocycles. The molecule has 0 spiro atoms. The third-order valence-electron chi connectivity index (χ3n) is 8.14. The van der Waals surface area contributed by atoms with Crippen LogP contribution in [0.2, 0.25) is 18.1 Å². The molecule has 2 nitrogen and oxygen atoms in total. The Labute approximate surface area is 158 Å². The lowest BCUT2D eigenvalue weighted by molar-refractivity contribution is -0.0213. The second-order valence-corrected chi connectivity index (χ2v) is 15.6. The molecule has 2 saturated carbocycles. The fourth-order valence-corrected chi connectivity index (χ4v) is 6.96. The van der Waals surface area contributed by atoms with Crippen molar-refractivity contribution in [1.82, 2.24) is 0 Å². The van der Waals surface area contributed by atoms with Crippen molar-refractivity contribution in [2.45, 2.75) is 110 Å². The van der Waals surface area contributed by atoms with E-state index in [0.29, 0.717) is 23.2 Å². The van der Waals surface area contributed by atoms with Gasteiger partial charge in [-0.3, -0.25) is 0 Å². The van der Waals surface area contributed by atoms with Crippen LogP contribution in [0.3, 0.4) is 0 Å². The molecule has 3 heteroatoms. The fraction of sp³-hybridized carbons (Fsp3) is 1.00. The van der Waals surface area contributed by atoms with E-state index in [1.165, 1.54) is 44.9 Å². The van der Waals surface area contributed by atoms with Crippen LogP contribution in [0.25, 0.3) is 0 Å². The Hall–Kier alpha value is 0.137. The van der Waals surface area contributed by atoms with Gasteiger partial charge < -0.3 is 9.53 Å². The summed E-state index contributed by atoms with van der Waals surface area (Å²) in [7, 11) is -1.69. The third-order valence-corrected chi connectivity index (χ3v) is 12.6. The highest BCUT2D eigenvalue weighted by atomic mass is 28.4. The van der Waals surface area contributed by atoms with Crippen LogP contribution < -0.4 is 0 Å². The third kappa shape index (κ3) is 4.52. The Morgan fingerprint density at radius 2 is 1.84 bits per heavy atom. The van der Waals surface area contributed by atoms with Crippen LogP contribution in [0.4, 0.5) is 0 Å². The van der Waals surface area contributed by atoms with Gasteiger partial charge in [0.2, 0.25) is 0 Å². The molecule has 2 fully saturated rings. The lowest BCUT2D eigenvalue weighted by atomic mass is 9.61. The topological polar surface area (TPSA) is 29.5 Å². The highest BCUT2D eigenvalue weighted by molar-refractivity contribution is 6.74. The molecular formula is C22H44O2Si. The smallest absolute Gasteiger partial charge is 0.192 e. The van der Waals surface area contributed by atoms with Crippen molar-refractivity contribution >= 4 is 8.32 Å². The lowest BCUT2D eigenvalue weighted by Gasteiger charge is -2.50. The van der Waals surface area contributed by atoms with Gasteiger partial charge in [-0.05, 0) is 73.4 Å². The number of aliphatic hydroxyl groups excluding tert-OH is 1. The summed E-state index contributed by atoms with van der Waals surface area (Å²) in [5, 5.41) is 9.38.